The molecule has 1 rings (SSSR count). The van der Waals surface area contributed by atoms with Crippen LogP contribution in [-0.2, 0) is 11.2 Å². The van der Waals surface area contributed by atoms with Crippen molar-refractivity contribution in [1.82, 2.24) is 10.3 Å². The summed E-state index contributed by atoms with van der Waals surface area (Å²) in [5.74, 6) is 0.267. The highest BCUT2D eigenvalue weighted by atomic mass is 16.2. The van der Waals surface area contributed by atoms with Crippen LogP contribution >= 0.6 is 0 Å². The fourth-order valence-electron chi connectivity index (χ4n) is 1.96. The van der Waals surface area contributed by atoms with Crippen LogP contribution in [0.15, 0.2) is 12.1 Å². The van der Waals surface area contributed by atoms with Crippen molar-refractivity contribution in [3.63, 3.8) is 0 Å². The maximum Gasteiger partial charge on any atom is 0.251 e. The zero-order chi connectivity index (χ0) is 15.7. The molecule has 0 atom stereocenters. The first-order valence-corrected chi connectivity index (χ1v) is 7.32. The number of unbranched alkanes of at least 4 members (excludes halogenated alkanes) is 1. The molecule has 0 spiro atoms. The van der Waals surface area contributed by atoms with Gasteiger partial charge in [0.1, 0.15) is 5.82 Å². The lowest BCUT2D eigenvalue weighted by Gasteiger charge is -2.09. The maximum absolute atomic E-state index is 12.1. The highest BCUT2D eigenvalue weighted by Gasteiger charge is 2.09. The van der Waals surface area contributed by atoms with E-state index in [4.69, 9.17) is 5.73 Å². The van der Waals surface area contributed by atoms with Crippen LogP contribution in [0.25, 0.3) is 0 Å². The van der Waals surface area contributed by atoms with E-state index >= 15 is 0 Å². The number of aromatic nitrogens is 1. The third-order valence-electron chi connectivity index (χ3n) is 3.04. The molecule has 2 amide bonds. The third-order valence-corrected chi connectivity index (χ3v) is 3.04. The van der Waals surface area contributed by atoms with Crippen LogP contribution in [-0.4, -0.2) is 30.4 Å². The van der Waals surface area contributed by atoms with Crippen LogP contribution in [0.1, 0.15) is 48.7 Å². The van der Waals surface area contributed by atoms with Crippen LogP contribution in [0.2, 0.25) is 0 Å². The molecule has 0 saturated heterocycles. The largest absolute Gasteiger partial charge is 0.373 e. The normalized spacial score (nSPS) is 10.2. The number of primary amides is 1. The van der Waals surface area contributed by atoms with E-state index in [-0.39, 0.29) is 11.8 Å². The number of anilines is 1. The van der Waals surface area contributed by atoms with Gasteiger partial charge in [-0.25, -0.2) is 4.98 Å². The molecule has 0 aromatic carbocycles. The summed E-state index contributed by atoms with van der Waals surface area (Å²) >= 11 is 0. The fraction of sp³-hybridized carbons (Fsp3) is 0.533. The Bertz CT molecular complexity index is 489. The summed E-state index contributed by atoms with van der Waals surface area (Å²) in [4.78, 5) is 27.1. The number of nitrogens with two attached hydrogens (primary N) is 1. The van der Waals surface area contributed by atoms with E-state index in [0.29, 0.717) is 30.8 Å². The number of nitrogens with one attached hydrogen (secondary N) is 2. The molecule has 0 aliphatic carbocycles. The minimum atomic E-state index is -0.307. The number of hydrogen-bond acceptors (Lipinski definition) is 4. The molecule has 0 saturated carbocycles. The van der Waals surface area contributed by atoms with Gasteiger partial charge in [-0.3, -0.25) is 9.59 Å². The lowest BCUT2D eigenvalue weighted by atomic mass is 10.1. The monoisotopic (exact) mass is 292 g/mol. The molecule has 21 heavy (non-hydrogen) atoms. The SMILES string of the molecule is CCCc1cc(C(=O)NCCCCC(N)=O)cc(NC)n1. The Morgan fingerprint density at radius 1 is 1.29 bits per heavy atom. The zero-order valence-electron chi connectivity index (χ0n) is 12.7. The van der Waals surface area contributed by atoms with Gasteiger partial charge in [0.2, 0.25) is 5.91 Å². The van der Waals surface area contributed by atoms with E-state index in [0.717, 1.165) is 25.0 Å². The zero-order valence-corrected chi connectivity index (χ0v) is 12.7. The second-order valence-electron chi connectivity index (χ2n) is 4.91. The van der Waals surface area contributed by atoms with Gasteiger partial charge in [0, 0.05) is 31.3 Å². The van der Waals surface area contributed by atoms with Gasteiger partial charge in [-0.2, -0.15) is 0 Å². The highest BCUT2D eigenvalue weighted by molar-refractivity contribution is 5.95. The number of carbonyl (C=O) groups is 2. The van der Waals surface area contributed by atoms with Gasteiger partial charge < -0.3 is 16.4 Å². The van der Waals surface area contributed by atoms with Gasteiger partial charge in [-0.05, 0) is 31.4 Å². The Hall–Kier alpha value is -2.11. The summed E-state index contributed by atoms with van der Waals surface area (Å²) in [6, 6.07) is 3.56. The van der Waals surface area contributed by atoms with E-state index in [1.54, 1.807) is 13.1 Å². The molecule has 0 aliphatic rings. The van der Waals surface area contributed by atoms with Gasteiger partial charge in [-0.15, -0.1) is 0 Å². The van der Waals surface area contributed by atoms with Crippen molar-refractivity contribution >= 4 is 17.6 Å². The Morgan fingerprint density at radius 3 is 2.67 bits per heavy atom. The van der Waals surface area contributed by atoms with Crippen LogP contribution in [0, 0.1) is 0 Å². The van der Waals surface area contributed by atoms with Crippen molar-refractivity contribution in [2.24, 2.45) is 5.73 Å². The number of nitrogens with zero attached hydrogens (tertiary/aromatic N) is 1. The second kappa shape index (κ2) is 8.94. The number of aryl methyl sites for hydroxylation is 1. The molecule has 1 aromatic rings. The first kappa shape index (κ1) is 16.9. The number of amides is 2. The van der Waals surface area contributed by atoms with Crippen molar-refractivity contribution in [2.45, 2.75) is 39.0 Å². The van der Waals surface area contributed by atoms with Gasteiger partial charge in [-0.1, -0.05) is 13.3 Å². The summed E-state index contributed by atoms with van der Waals surface area (Å²) in [6.07, 6.45) is 3.60. The predicted molar refractivity (Wildman–Crippen MR) is 83.2 cm³/mol. The minimum absolute atomic E-state index is 0.120. The van der Waals surface area contributed by atoms with E-state index in [9.17, 15) is 9.59 Å². The summed E-state index contributed by atoms with van der Waals surface area (Å²) < 4.78 is 0. The summed E-state index contributed by atoms with van der Waals surface area (Å²) in [5, 5.41) is 5.81. The third kappa shape index (κ3) is 6.25. The van der Waals surface area contributed by atoms with Gasteiger partial charge >= 0.3 is 0 Å². The van der Waals surface area contributed by atoms with Gasteiger partial charge in [0.05, 0.1) is 0 Å². The van der Waals surface area contributed by atoms with E-state index < -0.39 is 0 Å². The lowest BCUT2D eigenvalue weighted by Crippen LogP contribution is -2.25. The molecule has 0 radical (unpaired) electrons. The van der Waals surface area contributed by atoms with Crippen LogP contribution in [0.4, 0.5) is 5.82 Å². The molecular formula is C15H24N4O2. The molecule has 0 bridgehead atoms. The summed E-state index contributed by atoms with van der Waals surface area (Å²) in [7, 11) is 1.78. The molecule has 116 valence electrons. The van der Waals surface area contributed by atoms with Gasteiger partial charge in [0.25, 0.3) is 5.91 Å². The highest BCUT2D eigenvalue weighted by Crippen LogP contribution is 2.12. The number of rotatable bonds is 9. The quantitative estimate of drug-likeness (QED) is 0.600. The average molecular weight is 292 g/mol. The molecule has 1 aromatic heterocycles. The number of pyridine rings is 1. The molecule has 0 fully saturated rings. The average Bonchev–Trinajstić information content (AvgIpc) is 2.46. The summed E-state index contributed by atoms with van der Waals surface area (Å²) in [6.45, 7) is 2.61. The van der Waals surface area contributed by atoms with Crippen molar-refractivity contribution in [3.8, 4) is 0 Å². The van der Waals surface area contributed by atoms with Crippen LogP contribution in [0.5, 0.6) is 0 Å². The number of hydrogen-bond donors (Lipinski definition) is 3. The van der Waals surface area contributed by atoms with Crippen molar-refractivity contribution in [2.75, 3.05) is 18.9 Å². The minimum Gasteiger partial charge on any atom is -0.373 e. The maximum atomic E-state index is 12.1. The van der Waals surface area contributed by atoms with E-state index in [1.165, 1.54) is 0 Å². The Morgan fingerprint density at radius 2 is 2.05 bits per heavy atom. The first-order chi connectivity index (χ1) is 10.1. The standard InChI is InChI=1S/C15H24N4O2/c1-3-6-12-9-11(10-14(17-2)19-12)15(21)18-8-5-4-7-13(16)20/h9-10H,3-8H2,1-2H3,(H2,16,20)(H,17,19)(H,18,21). The summed E-state index contributed by atoms with van der Waals surface area (Å²) in [5.41, 5.74) is 6.57. The molecule has 0 aliphatic heterocycles. The van der Waals surface area contributed by atoms with Crippen molar-refractivity contribution < 1.29 is 9.59 Å². The second-order valence-corrected chi connectivity index (χ2v) is 4.91. The molecule has 4 N–H and O–H groups in total. The lowest BCUT2D eigenvalue weighted by molar-refractivity contribution is -0.118. The molecule has 1 heterocycles. The van der Waals surface area contributed by atoms with Crippen molar-refractivity contribution in [3.05, 3.63) is 23.4 Å². The van der Waals surface area contributed by atoms with Gasteiger partial charge in [0.15, 0.2) is 0 Å². The molecule has 6 heteroatoms. The van der Waals surface area contributed by atoms with E-state index in [1.807, 2.05) is 6.07 Å². The topological polar surface area (TPSA) is 97.1 Å². The fourth-order valence-corrected chi connectivity index (χ4v) is 1.96. The van der Waals surface area contributed by atoms with Crippen molar-refractivity contribution in [1.29, 1.82) is 0 Å². The number of carbonyl (C=O) groups excluding carboxylic acids is 2. The Labute approximate surface area is 125 Å². The molecule has 6 nitrogen and oxygen atoms in total. The van der Waals surface area contributed by atoms with Crippen LogP contribution < -0.4 is 16.4 Å². The molecular weight excluding hydrogens is 268 g/mol. The predicted octanol–water partition coefficient (Wildman–Crippen LogP) is 1.46. The molecule has 0 unspecified atom stereocenters. The van der Waals surface area contributed by atoms with E-state index in [2.05, 4.69) is 22.5 Å². The van der Waals surface area contributed by atoms with Crippen LogP contribution in [0.3, 0.4) is 0 Å². The Kier molecular flexibility index (Phi) is 7.21. The smallest absolute Gasteiger partial charge is 0.251 e. The first-order valence-electron chi connectivity index (χ1n) is 7.32. The Balaban J connectivity index is 2.56.